The molecule has 114 valence electrons. The third-order valence-electron chi connectivity index (χ3n) is 3.16. The van der Waals surface area contributed by atoms with Crippen LogP contribution in [-0.2, 0) is 0 Å². The van der Waals surface area contributed by atoms with Crippen LogP contribution in [0.3, 0.4) is 0 Å². The smallest absolute Gasteiger partial charge is 0.131 e. The lowest BCUT2D eigenvalue weighted by Gasteiger charge is -2.23. The summed E-state index contributed by atoms with van der Waals surface area (Å²) in [5.74, 6) is 2.08. The van der Waals surface area contributed by atoms with Gasteiger partial charge in [0.25, 0.3) is 0 Å². The van der Waals surface area contributed by atoms with Crippen molar-refractivity contribution in [2.75, 3.05) is 34.5 Å². The molecule has 0 aliphatic heterocycles. The largest absolute Gasteiger partial charge is 0.496 e. The normalized spacial score (nSPS) is 12.1. The molecule has 0 fully saturated rings. The number of aliphatic hydroxyl groups is 1. The number of nitrogens with one attached hydrogen (secondary N) is 1. The van der Waals surface area contributed by atoms with E-state index in [1.54, 1.807) is 21.3 Å². The van der Waals surface area contributed by atoms with Gasteiger partial charge in [-0.1, -0.05) is 6.92 Å². The molecule has 1 aromatic carbocycles. The summed E-state index contributed by atoms with van der Waals surface area (Å²) in [6.45, 7) is 3.06. The van der Waals surface area contributed by atoms with E-state index in [-0.39, 0.29) is 12.6 Å². The van der Waals surface area contributed by atoms with Crippen molar-refractivity contribution in [2.45, 2.75) is 25.8 Å². The van der Waals surface area contributed by atoms with Gasteiger partial charge >= 0.3 is 0 Å². The molecule has 0 aliphatic carbocycles. The third kappa shape index (κ3) is 4.02. The van der Waals surface area contributed by atoms with Crippen LogP contribution in [0, 0.1) is 0 Å². The third-order valence-corrected chi connectivity index (χ3v) is 3.16. The highest BCUT2D eigenvalue weighted by atomic mass is 16.5. The van der Waals surface area contributed by atoms with E-state index in [2.05, 4.69) is 12.2 Å². The molecule has 1 rings (SSSR count). The molecule has 0 bridgehead atoms. The Bertz CT molecular complexity index is 384. The molecule has 20 heavy (non-hydrogen) atoms. The van der Waals surface area contributed by atoms with Gasteiger partial charge < -0.3 is 24.6 Å². The molecule has 2 N–H and O–H groups in total. The van der Waals surface area contributed by atoms with Crippen molar-refractivity contribution in [1.29, 1.82) is 0 Å². The maximum absolute atomic E-state index is 9.28. The Morgan fingerprint density at radius 3 is 2.10 bits per heavy atom. The molecule has 0 saturated heterocycles. The van der Waals surface area contributed by atoms with E-state index in [4.69, 9.17) is 14.2 Å². The highest BCUT2D eigenvalue weighted by Gasteiger charge is 2.21. The molecule has 0 amide bonds. The van der Waals surface area contributed by atoms with Gasteiger partial charge in [0.15, 0.2) is 0 Å². The van der Waals surface area contributed by atoms with Gasteiger partial charge in [0.2, 0.25) is 0 Å². The van der Waals surface area contributed by atoms with E-state index in [0.717, 1.165) is 18.5 Å². The van der Waals surface area contributed by atoms with Crippen LogP contribution in [0.5, 0.6) is 17.2 Å². The van der Waals surface area contributed by atoms with Gasteiger partial charge in [0.1, 0.15) is 17.2 Å². The fourth-order valence-corrected chi connectivity index (χ4v) is 2.17. The van der Waals surface area contributed by atoms with Crippen molar-refractivity contribution in [2.24, 2.45) is 0 Å². The average Bonchev–Trinajstić information content (AvgIpc) is 2.50. The van der Waals surface area contributed by atoms with Gasteiger partial charge in [-0.2, -0.15) is 0 Å². The maximum atomic E-state index is 9.28. The van der Waals surface area contributed by atoms with E-state index >= 15 is 0 Å². The van der Waals surface area contributed by atoms with Gasteiger partial charge in [-0.25, -0.2) is 0 Å². The Morgan fingerprint density at radius 2 is 1.70 bits per heavy atom. The summed E-state index contributed by atoms with van der Waals surface area (Å²) in [5, 5.41) is 12.7. The van der Waals surface area contributed by atoms with Crippen molar-refractivity contribution in [3.63, 3.8) is 0 Å². The highest BCUT2D eigenvalue weighted by molar-refractivity contribution is 5.52. The summed E-state index contributed by atoms with van der Waals surface area (Å²) in [5.41, 5.74) is 0.915. The second kappa shape index (κ2) is 8.66. The lowest BCUT2D eigenvalue weighted by Crippen LogP contribution is -2.24. The Labute approximate surface area is 120 Å². The first-order chi connectivity index (χ1) is 9.71. The fourth-order valence-electron chi connectivity index (χ4n) is 2.17. The van der Waals surface area contributed by atoms with Gasteiger partial charge in [-0.3, -0.25) is 0 Å². The summed E-state index contributed by atoms with van der Waals surface area (Å²) in [7, 11) is 4.84. The van der Waals surface area contributed by atoms with E-state index < -0.39 is 0 Å². The van der Waals surface area contributed by atoms with E-state index in [0.29, 0.717) is 23.7 Å². The van der Waals surface area contributed by atoms with Crippen LogP contribution in [-0.4, -0.2) is 39.6 Å². The molecule has 1 atom stereocenters. The Morgan fingerprint density at radius 1 is 1.10 bits per heavy atom. The number of benzene rings is 1. The number of hydrogen-bond acceptors (Lipinski definition) is 5. The molecule has 1 aromatic rings. The molecular formula is C15H25NO4. The predicted molar refractivity (Wildman–Crippen MR) is 78.8 cm³/mol. The minimum Gasteiger partial charge on any atom is -0.496 e. The quantitative estimate of drug-likeness (QED) is 0.727. The Balaban J connectivity index is 3.21. The lowest BCUT2D eigenvalue weighted by atomic mass is 10.0. The SMILES string of the molecule is CCCNC(CCO)c1c(OC)cc(OC)cc1OC. The molecule has 0 heterocycles. The molecule has 0 aliphatic rings. The van der Waals surface area contributed by atoms with Crippen molar-refractivity contribution in [1.82, 2.24) is 5.32 Å². The van der Waals surface area contributed by atoms with Gasteiger partial charge in [-0.05, 0) is 19.4 Å². The first-order valence-corrected chi connectivity index (χ1v) is 6.85. The lowest BCUT2D eigenvalue weighted by molar-refractivity contribution is 0.260. The first kappa shape index (κ1) is 16.6. The second-order valence-electron chi connectivity index (χ2n) is 4.46. The zero-order chi connectivity index (χ0) is 15.0. The predicted octanol–water partition coefficient (Wildman–Crippen LogP) is 2.14. The summed E-state index contributed by atoms with van der Waals surface area (Å²) in [6, 6.07) is 3.64. The zero-order valence-corrected chi connectivity index (χ0v) is 12.7. The number of aliphatic hydroxyl groups excluding tert-OH is 1. The molecule has 0 spiro atoms. The van der Waals surface area contributed by atoms with Crippen molar-refractivity contribution in [3.8, 4) is 17.2 Å². The molecule has 0 radical (unpaired) electrons. The van der Waals surface area contributed by atoms with Crippen LogP contribution in [0.25, 0.3) is 0 Å². The second-order valence-corrected chi connectivity index (χ2v) is 4.46. The number of methoxy groups -OCH3 is 3. The molecule has 0 saturated carbocycles. The van der Waals surface area contributed by atoms with Gasteiger partial charge in [-0.15, -0.1) is 0 Å². The molecule has 5 heteroatoms. The Kier molecular flexibility index (Phi) is 7.18. The average molecular weight is 283 g/mol. The van der Waals surface area contributed by atoms with Crippen molar-refractivity contribution < 1.29 is 19.3 Å². The zero-order valence-electron chi connectivity index (χ0n) is 12.7. The maximum Gasteiger partial charge on any atom is 0.131 e. The topological polar surface area (TPSA) is 60.0 Å². The standard InChI is InChI=1S/C15H25NO4/c1-5-7-16-12(6-8-17)15-13(19-3)9-11(18-2)10-14(15)20-4/h9-10,12,16-17H,5-8H2,1-4H3. The summed E-state index contributed by atoms with van der Waals surface area (Å²) in [4.78, 5) is 0. The van der Waals surface area contributed by atoms with E-state index in [1.165, 1.54) is 0 Å². The van der Waals surface area contributed by atoms with Crippen molar-refractivity contribution in [3.05, 3.63) is 17.7 Å². The van der Waals surface area contributed by atoms with Crippen LogP contribution in [0.15, 0.2) is 12.1 Å². The number of hydrogen-bond donors (Lipinski definition) is 2. The molecule has 5 nitrogen and oxygen atoms in total. The van der Waals surface area contributed by atoms with Crippen LogP contribution in [0.4, 0.5) is 0 Å². The summed E-state index contributed by atoms with van der Waals surface area (Å²) in [6.07, 6.45) is 1.61. The van der Waals surface area contributed by atoms with Crippen LogP contribution in [0.2, 0.25) is 0 Å². The van der Waals surface area contributed by atoms with Crippen LogP contribution < -0.4 is 19.5 Å². The highest BCUT2D eigenvalue weighted by Crippen LogP contribution is 2.39. The van der Waals surface area contributed by atoms with E-state index in [1.807, 2.05) is 12.1 Å². The number of ether oxygens (including phenoxy) is 3. The molecular weight excluding hydrogens is 258 g/mol. The monoisotopic (exact) mass is 283 g/mol. The van der Waals surface area contributed by atoms with Gasteiger partial charge in [0, 0.05) is 24.8 Å². The number of rotatable bonds is 9. The van der Waals surface area contributed by atoms with Crippen LogP contribution >= 0.6 is 0 Å². The summed E-state index contributed by atoms with van der Waals surface area (Å²) < 4.78 is 16.2. The van der Waals surface area contributed by atoms with Crippen molar-refractivity contribution >= 4 is 0 Å². The van der Waals surface area contributed by atoms with E-state index in [9.17, 15) is 5.11 Å². The first-order valence-electron chi connectivity index (χ1n) is 6.85. The fraction of sp³-hybridized carbons (Fsp3) is 0.600. The summed E-state index contributed by atoms with van der Waals surface area (Å²) >= 11 is 0. The Hall–Kier alpha value is -1.46. The minimum atomic E-state index is -0.0178. The molecule has 0 aromatic heterocycles. The van der Waals surface area contributed by atoms with Crippen LogP contribution in [0.1, 0.15) is 31.4 Å². The molecule has 1 unspecified atom stereocenters. The van der Waals surface area contributed by atoms with Gasteiger partial charge in [0.05, 0.1) is 26.9 Å². The minimum absolute atomic E-state index is 0.0178.